The molecule has 0 bridgehead atoms. The molecule has 2 rings (SSSR count). The molecule has 0 aliphatic carbocycles. The Balaban J connectivity index is 2.34. The zero-order valence-electron chi connectivity index (χ0n) is 7.29. The Bertz CT molecular complexity index is 434. The van der Waals surface area contributed by atoms with E-state index in [0.717, 1.165) is 5.56 Å². The Hall–Kier alpha value is -2.10. The van der Waals surface area contributed by atoms with Crippen LogP contribution in [0.1, 0.15) is 5.76 Å². The number of hydrogen-bond acceptors (Lipinski definition) is 4. The van der Waals surface area contributed by atoms with Crippen LogP contribution in [0.25, 0.3) is 11.3 Å². The standard InChI is InChI=1S/C10H8N2O2/c13-12-7-9-3-4-10(14-9)8-2-1-5-11-6-8/h1-7,13H/b12-7-. The van der Waals surface area contributed by atoms with Gasteiger partial charge in [0.1, 0.15) is 17.7 Å². The van der Waals surface area contributed by atoms with E-state index < -0.39 is 0 Å². The summed E-state index contributed by atoms with van der Waals surface area (Å²) in [5, 5.41) is 11.2. The molecule has 2 aromatic rings. The van der Waals surface area contributed by atoms with Gasteiger partial charge >= 0.3 is 0 Å². The zero-order valence-corrected chi connectivity index (χ0v) is 7.29. The molecule has 2 aromatic heterocycles. The topological polar surface area (TPSA) is 58.6 Å². The van der Waals surface area contributed by atoms with Crippen LogP contribution in [-0.4, -0.2) is 16.4 Å². The van der Waals surface area contributed by atoms with Gasteiger partial charge in [-0.2, -0.15) is 0 Å². The fourth-order valence-corrected chi connectivity index (χ4v) is 1.14. The minimum absolute atomic E-state index is 0.506. The first-order valence-corrected chi connectivity index (χ1v) is 4.08. The van der Waals surface area contributed by atoms with Crippen molar-refractivity contribution in [1.82, 2.24) is 4.98 Å². The smallest absolute Gasteiger partial charge is 0.149 e. The molecule has 0 aliphatic heterocycles. The Morgan fingerprint density at radius 2 is 2.29 bits per heavy atom. The van der Waals surface area contributed by atoms with Gasteiger partial charge in [0.05, 0.1) is 0 Å². The number of hydrogen-bond donors (Lipinski definition) is 1. The van der Waals surface area contributed by atoms with Gasteiger partial charge in [-0.25, -0.2) is 0 Å². The molecule has 0 aliphatic rings. The fraction of sp³-hybridized carbons (Fsp3) is 0. The molecule has 70 valence electrons. The monoisotopic (exact) mass is 188 g/mol. The summed E-state index contributed by atoms with van der Waals surface area (Å²) in [6, 6.07) is 7.25. The van der Waals surface area contributed by atoms with Crippen LogP contribution >= 0.6 is 0 Å². The molecule has 0 saturated carbocycles. The summed E-state index contributed by atoms with van der Waals surface area (Å²) < 4.78 is 5.36. The lowest BCUT2D eigenvalue weighted by Gasteiger charge is -1.93. The molecule has 0 atom stereocenters. The molecule has 0 unspecified atom stereocenters. The highest BCUT2D eigenvalue weighted by Gasteiger charge is 2.02. The Labute approximate surface area is 80.5 Å². The highest BCUT2D eigenvalue weighted by atomic mass is 16.4. The summed E-state index contributed by atoms with van der Waals surface area (Å²) in [7, 11) is 0. The molecule has 4 nitrogen and oxygen atoms in total. The maximum Gasteiger partial charge on any atom is 0.149 e. The quantitative estimate of drug-likeness (QED) is 0.446. The second-order valence-corrected chi connectivity index (χ2v) is 2.69. The second-order valence-electron chi connectivity index (χ2n) is 2.69. The Kier molecular flexibility index (Phi) is 2.27. The maximum atomic E-state index is 8.30. The van der Waals surface area contributed by atoms with E-state index in [9.17, 15) is 0 Å². The van der Waals surface area contributed by atoms with Gasteiger partial charge in [-0.1, -0.05) is 5.16 Å². The van der Waals surface area contributed by atoms with E-state index in [1.54, 1.807) is 24.5 Å². The molecule has 14 heavy (non-hydrogen) atoms. The molecule has 0 amide bonds. The average Bonchev–Trinajstić information content (AvgIpc) is 2.68. The first-order chi connectivity index (χ1) is 6.90. The first kappa shape index (κ1) is 8.50. The molecular weight excluding hydrogens is 180 g/mol. The zero-order chi connectivity index (χ0) is 9.80. The van der Waals surface area contributed by atoms with Crippen molar-refractivity contribution in [3.8, 4) is 11.3 Å². The number of furan rings is 1. The van der Waals surface area contributed by atoms with Gasteiger partial charge in [0.2, 0.25) is 0 Å². The summed E-state index contributed by atoms with van der Waals surface area (Å²) in [5.74, 6) is 1.21. The number of aromatic nitrogens is 1. The molecule has 0 spiro atoms. The Morgan fingerprint density at radius 1 is 1.36 bits per heavy atom. The van der Waals surface area contributed by atoms with Crippen LogP contribution in [0.2, 0.25) is 0 Å². The van der Waals surface area contributed by atoms with Crippen molar-refractivity contribution in [2.45, 2.75) is 0 Å². The summed E-state index contributed by atoms with van der Waals surface area (Å²) >= 11 is 0. The van der Waals surface area contributed by atoms with Gasteiger partial charge in [0.25, 0.3) is 0 Å². The van der Waals surface area contributed by atoms with E-state index in [4.69, 9.17) is 9.62 Å². The van der Waals surface area contributed by atoms with Crippen LogP contribution in [-0.2, 0) is 0 Å². The minimum atomic E-state index is 0.506. The lowest BCUT2D eigenvalue weighted by molar-refractivity contribution is 0.321. The third-order valence-electron chi connectivity index (χ3n) is 1.76. The van der Waals surface area contributed by atoms with Crippen LogP contribution < -0.4 is 0 Å². The lowest BCUT2D eigenvalue weighted by Crippen LogP contribution is -1.75. The van der Waals surface area contributed by atoms with Crippen molar-refractivity contribution in [3.63, 3.8) is 0 Å². The van der Waals surface area contributed by atoms with E-state index in [0.29, 0.717) is 11.5 Å². The molecule has 0 aromatic carbocycles. The molecule has 0 fully saturated rings. The second kappa shape index (κ2) is 3.74. The number of pyridine rings is 1. The van der Waals surface area contributed by atoms with Gasteiger partial charge in [-0.15, -0.1) is 0 Å². The predicted octanol–water partition coefficient (Wildman–Crippen LogP) is 2.15. The van der Waals surface area contributed by atoms with Crippen molar-refractivity contribution in [2.75, 3.05) is 0 Å². The van der Waals surface area contributed by atoms with Gasteiger partial charge in [-0.3, -0.25) is 4.98 Å². The van der Waals surface area contributed by atoms with Crippen molar-refractivity contribution in [1.29, 1.82) is 0 Å². The molecule has 0 radical (unpaired) electrons. The van der Waals surface area contributed by atoms with E-state index in [-0.39, 0.29) is 0 Å². The molecule has 1 N–H and O–H groups in total. The highest BCUT2D eigenvalue weighted by molar-refractivity contribution is 5.76. The number of nitrogens with zero attached hydrogens (tertiary/aromatic N) is 2. The summed E-state index contributed by atoms with van der Waals surface area (Å²) in [6.07, 6.45) is 4.64. The summed E-state index contributed by atoms with van der Waals surface area (Å²) in [6.45, 7) is 0. The predicted molar refractivity (Wildman–Crippen MR) is 51.3 cm³/mol. The number of rotatable bonds is 2. The van der Waals surface area contributed by atoms with Gasteiger partial charge in [0, 0.05) is 18.0 Å². The molecular formula is C10H8N2O2. The largest absolute Gasteiger partial charge is 0.455 e. The van der Waals surface area contributed by atoms with Crippen LogP contribution in [0.5, 0.6) is 0 Å². The third kappa shape index (κ3) is 1.64. The van der Waals surface area contributed by atoms with Crippen LogP contribution in [0, 0.1) is 0 Å². The highest BCUT2D eigenvalue weighted by Crippen LogP contribution is 2.19. The van der Waals surface area contributed by atoms with Crippen molar-refractivity contribution in [3.05, 3.63) is 42.4 Å². The minimum Gasteiger partial charge on any atom is -0.455 e. The van der Waals surface area contributed by atoms with Gasteiger partial charge in [-0.05, 0) is 24.3 Å². The third-order valence-corrected chi connectivity index (χ3v) is 1.76. The summed E-state index contributed by atoms with van der Waals surface area (Å²) in [4.78, 5) is 3.97. The van der Waals surface area contributed by atoms with Gasteiger partial charge < -0.3 is 9.62 Å². The van der Waals surface area contributed by atoms with Crippen LogP contribution in [0.3, 0.4) is 0 Å². The lowest BCUT2D eigenvalue weighted by atomic mass is 10.2. The van der Waals surface area contributed by atoms with Crippen LogP contribution in [0.15, 0.2) is 46.2 Å². The normalized spacial score (nSPS) is 10.9. The summed E-state index contributed by atoms with van der Waals surface area (Å²) in [5.41, 5.74) is 0.894. The van der Waals surface area contributed by atoms with Crippen molar-refractivity contribution >= 4 is 6.21 Å². The van der Waals surface area contributed by atoms with Crippen molar-refractivity contribution < 1.29 is 9.62 Å². The molecule has 0 saturated heterocycles. The number of oxime groups is 1. The Morgan fingerprint density at radius 3 is 3.00 bits per heavy atom. The van der Waals surface area contributed by atoms with Crippen LogP contribution in [0.4, 0.5) is 0 Å². The van der Waals surface area contributed by atoms with Gasteiger partial charge in [0.15, 0.2) is 0 Å². The van der Waals surface area contributed by atoms with E-state index >= 15 is 0 Å². The first-order valence-electron chi connectivity index (χ1n) is 4.08. The average molecular weight is 188 g/mol. The van der Waals surface area contributed by atoms with Crippen molar-refractivity contribution in [2.24, 2.45) is 5.16 Å². The van der Waals surface area contributed by atoms with E-state index in [1.807, 2.05) is 12.1 Å². The van der Waals surface area contributed by atoms with E-state index in [1.165, 1.54) is 6.21 Å². The molecule has 2 heterocycles. The fourth-order valence-electron chi connectivity index (χ4n) is 1.14. The van der Waals surface area contributed by atoms with E-state index in [2.05, 4.69) is 10.1 Å². The molecule has 4 heteroatoms. The SMILES string of the molecule is O/N=C\c1ccc(-c2cccnc2)o1. The maximum absolute atomic E-state index is 8.30.